The average Bonchev–Trinajstić information content (AvgIpc) is 2.70. The molecule has 2 nitrogen and oxygen atoms in total. The molecule has 0 aliphatic carbocycles. The van der Waals surface area contributed by atoms with Crippen LogP contribution in [0.25, 0.3) is 0 Å². The van der Waals surface area contributed by atoms with Crippen molar-refractivity contribution in [3.63, 3.8) is 0 Å². The zero-order chi connectivity index (χ0) is 13.1. The molecule has 0 aromatic heterocycles. The molecule has 2 atom stereocenters. The van der Waals surface area contributed by atoms with Gasteiger partial charge in [0.15, 0.2) is 0 Å². The van der Waals surface area contributed by atoms with Crippen molar-refractivity contribution in [1.29, 1.82) is 0 Å². The van der Waals surface area contributed by atoms with Gasteiger partial charge in [-0.3, -0.25) is 4.79 Å². The lowest BCUT2D eigenvalue weighted by Crippen LogP contribution is -2.39. The highest BCUT2D eigenvalue weighted by atomic mass is 79.9. The molecule has 0 N–H and O–H groups in total. The minimum absolute atomic E-state index is 0.183. The fourth-order valence-electron chi connectivity index (χ4n) is 2.48. The molecule has 0 bridgehead atoms. The van der Waals surface area contributed by atoms with Crippen LogP contribution in [0.4, 0.5) is 0 Å². The molecule has 1 aromatic carbocycles. The van der Waals surface area contributed by atoms with Crippen molar-refractivity contribution in [3.05, 3.63) is 34.3 Å². The van der Waals surface area contributed by atoms with Crippen LogP contribution >= 0.6 is 27.5 Å². The molecule has 1 saturated heterocycles. The quantitative estimate of drug-likeness (QED) is 0.777. The van der Waals surface area contributed by atoms with E-state index < -0.39 is 0 Å². The Labute approximate surface area is 121 Å². The molecule has 2 unspecified atom stereocenters. The van der Waals surface area contributed by atoms with Crippen LogP contribution in [0.1, 0.15) is 18.9 Å². The molecular formula is C14H17BrClNO. The number of likely N-dealkylation sites (tertiary alicyclic amines) is 1. The smallest absolute Gasteiger partial charge is 0.227 e. The van der Waals surface area contributed by atoms with Crippen LogP contribution in [0.3, 0.4) is 0 Å². The predicted molar refractivity (Wildman–Crippen MR) is 77.8 cm³/mol. The summed E-state index contributed by atoms with van der Waals surface area (Å²) >= 11 is 9.39. The van der Waals surface area contributed by atoms with Crippen molar-refractivity contribution in [2.75, 3.05) is 12.4 Å². The monoisotopic (exact) mass is 329 g/mol. The third kappa shape index (κ3) is 3.07. The highest BCUT2D eigenvalue weighted by Gasteiger charge is 2.33. The van der Waals surface area contributed by atoms with Crippen molar-refractivity contribution in [1.82, 2.24) is 4.90 Å². The van der Waals surface area contributed by atoms with Crippen LogP contribution in [-0.4, -0.2) is 29.3 Å². The lowest BCUT2D eigenvalue weighted by Gasteiger charge is -2.25. The number of halogens is 2. The number of carbonyl (C=O) groups excluding carboxylic acids is 1. The Bertz CT molecular complexity index is 438. The van der Waals surface area contributed by atoms with E-state index in [0.717, 1.165) is 23.0 Å². The fraction of sp³-hybridized carbons (Fsp3) is 0.500. The molecule has 0 spiro atoms. The van der Waals surface area contributed by atoms with Gasteiger partial charge in [-0.15, -0.1) is 11.6 Å². The molecule has 1 fully saturated rings. The van der Waals surface area contributed by atoms with Gasteiger partial charge in [0, 0.05) is 22.9 Å². The second kappa shape index (κ2) is 6.07. The van der Waals surface area contributed by atoms with Crippen LogP contribution in [0, 0.1) is 5.92 Å². The molecule has 0 radical (unpaired) electrons. The van der Waals surface area contributed by atoms with Crippen molar-refractivity contribution in [3.8, 4) is 0 Å². The number of carbonyl (C=O) groups is 1. The topological polar surface area (TPSA) is 20.3 Å². The first-order chi connectivity index (χ1) is 8.61. The maximum Gasteiger partial charge on any atom is 0.227 e. The van der Waals surface area contributed by atoms with E-state index in [-0.39, 0.29) is 11.9 Å². The summed E-state index contributed by atoms with van der Waals surface area (Å²) in [6.07, 6.45) is 1.52. The molecule has 18 heavy (non-hydrogen) atoms. The van der Waals surface area contributed by atoms with E-state index in [1.807, 2.05) is 29.2 Å². The minimum Gasteiger partial charge on any atom is -0.338 e. The fourth-order valence-corrected chi connectivity index (χ4v) is 3.39. The van der Waals surface area contributed by atoms with E-state index in [4.69, 9.17) is 11.6 Å². The summed E-state index contributed by atoms with van der Waals surface area (Å²) in [6.45, 7) is 3.00. The Morgan fingerprint density at radius 3 is 3.00 bits per heavy atom. The largest absolute Gasteiger partial charge is 0.338 e. The van der Waals surface area contributed by atoms with Crippen LogP contribution in [0.2, 0.25) is 0 Å². The molecule has 2 rings (SSSR count). The summed E-state index contributed by atoms with van der Waals surface area (Å²) in [4.78, 5) is 14.2. The first kappa shape index (κ1) is 13.9. The van der Waals surface area contributed by atoms with Gasteiger partial charge in [-0.1, -0.05) is 35.0 Å². The predicted octanol–water partition coefficient (Wildman–Crippen LogP) is 3.47. The number of amides is 1. The molecule has 0 saturated carbocycles. The number of hydrogen-bond donors (Lipinski definition) is 0. The number of benzene rings is 1. The summed E-state index contributed by atoms with van der Waals surface area (Å²) in [5.41, 5.74) is 1.04. The maximum absolute atomic E-state index is 12.3. The summed E-state index contributed by atoms with van der Waals surface area (Å²) in [7, 11) is 0. The van der Waals surface area contributed by atoms with Gasteiger partial charge in [0.05, 0.1) is 6.42 Å². The summed E-state index contributed by atoms with van der Waals surface area (Å²) in [5, 5.41) is 0. The normalized spacial score (nSPS) is 23.4. The lowest BCUT2D eigenvalue weighted by atomic mass is 10.0. The van der Waals surface area contributed by atoms with E-state index in [1.165, 1.54) is 0 Å². The highest BCUT2D eigenvalue weighted by molar-refractivity contribution is 9.10. The van der Waals surface area contributed by atoms with E-state index in [1.54, 1.807) is 0 Å². The maximum atomic E-state index is 12.3. The molecule has 1 aliphatic heterocycles. The minimum atomic E-state index is 0.183. The Kier molecular flexibility index (Phi) is 4.68. The van der Waals surface area contributed by atoms with Gasteiger partial charge in [0.25, 0.3) is 0 Å². The molecule has 4 heteroatoms. The van der Waals surface area contributed by atoms with E-state index >= 15 is 0 Å². The highest BCUT2D eigenvalue weighted by Crippen LogP contribution is 2.25. The number of rotatable bonds is 3. The van der Waals surface area contributed by atoms with Gasteiger partial charge >= 0.3 is 0 Å². The number of hydrogen-bond acceptors (Lipinski definition) is 1. The molecule has 1 aliphatic rings. The SMILES string of the molecule is CC1CCN(C(=O)Cc2cccc(Br)c2)C1CCl. The Hall–Kier alpha value is -0.540. The van der Waals surface area contributed by atoms with Gasteiger partial charge in [-0.2, -0.15) is 0 Å². The summed E-state index contributed by atoms with van der Waals surface area (Å²) < 4.78 is 1.01. The third-order valence-corrected chi connectivity index (χ3v) is 4.41. The van der Waals surface area contributed by atoms with E-state index in [0.29, 0.717) is 18.2 Å². The van der Waals surface area contributed by atoms with Gasteiger partial charge < -0.3 is 4.90 Å². The van der Waals surface area contributed by atoms with Crippen molar-refractivity contribution < 1.29 is 4.79 Å². The first-order valence-corrected chi connectivity index (χ1v) is 7.54. The number of alkyl halides is 1. The molecule has 1 heterocycles. The van der Waals surface area contributed by atoms with Crippen molar-refractivity contribution in [2.24, 2.45) is 5.92 Å². The summed E-state index contributed by atoms with van der Waals surface area (Å²) in [6, 6.07) is 8.10. The zero-order valence-electron chi connectivity index (χ0n) is 10.4. The van der Waals surface area contributed by atoms with E-state index in [2.05, 4.69) is 22.9 Å². The van der Waals surface area contributed by atoms with Crippen LogP contribution in [0.5, 0.6) is 0 Å². The standard InChI is InChI=1S/C14H17BrClNO/c1-10-5-6-17(13(10)9-16)14(18)8-11-3-2-4-12(15)7-11/h2-4,7,10,13H,5-6,8-9H2,1H3. The van der Waals surface area contributed by atoms with Crippen molar-refractivity contribution >= 4 is 33.4 Å². The van der Waals surface area contributed by atoms with Gasteiger partial charge in [-0.25, -0.2) is 0 Å². The van der Waals surface area contributed by atoms with Crippen LogP contribution in [0.15, 0.2) is 28.7 Å². The molecule has 1 amide bonds. The molecule has 98 valence electrons. The molecular weight excluding hydrogens is 314 g/mol. The Morgan fingerprint density at radius 1 is 1.56 bits per heavy atom. The Morgan fingerprint density at radius 2 is 2.33 bits per heavy atom. The molecule has 1 aromatic rings. The Balaban J connectivity index is 2.04. The van der Waals surface area contributed by atoms with Gasteiger partial charge in [-0.05, 0) is 30.0 Å². The van der Waals surface area contributed by atoms with Gasteiger partial charge in [0.1, 0.15) is 0 Å². The average molecular weight is 331 g/mol. The number of nitrogens with zero attached hydrogens (tertiary/aromatic N) is 1. The van der Waals surface area contributed by atoms with Crippen LogP contribution < -0.4 is 0 Å². The second-order valence-electron chi connectivity index (χ2n) is 4.88. The van der Waals surface area contributed by atoms with Gasteiger partial charge in [0.2, 0.25) is 5.91 Å². The summed E-state index contributed by atoms with van der Waals surface area (Å²) in [5.74, 6) is 1.22. The third-order valence-electron chi connectivity index (χ3n) is 3.61. The lowest BCUT2D eigenvalue weighted by molar-refractivity contribution is -0.131. The second-order valence-corrected chi connectivity index (χ2v) is 6.11. The first-order valence-electron chi connectivity index (χ1n) is 6.21. The van der Waals surface area contributed by atoms with Crippen LogP contribution in [-0.2, 0) is 11.2 Å². The van der Waals surface area contributed by atoms with E-state index in [9.17, 15) is 4.79 Å². The van der Waals surface area contributed by atoms with Crippen molar-refractivity contribution in [2.45, 2.75) is 25.8 Å². The zero-order valence-corrected chi connectivity index (χ0v) is 12.7.